The van der Waals surface area contributed by atoms with Crippen LogP contribution in [-0.2, 0) is 0 Å². The smallest absolute Gasteiger partial charge is 0.142 e. The number of alkyl halides is 1. The normalized spacial score (nSPS) is 25.0. The highest BCUT2D eigenvalue weighted by Crippen LogP contribution is 2.16. The van der Waals surface area contributed by atoms with Crippen molar-refractivity contribution < 1.29 is 0 Å². The summed E-state index contributed by atoms with van der Waals surface area (Å²) in [5.74, 6) is 0. The summed E-state index contributed by atoms with van der Waals surface area (Å²) in [7, 11) is 2.12. The quantitative estimate of drug-likeness (QED) is 0.477. The lowest BCUT2D eigenvalue weighted by Gasteiger charge is -2.43. The molecule has 0 aromatic rings. The molecule has 1 rings (SSSR count). The first-order valence-electron chi connectivity index (χ1n) is 4.49. The van der Waals surface area contributed by atoms with Gasteiger partial charge in [0, 0.05) is 0 Å². The summed E-state index contributed by atoms with van der Waals surface area (Å²) < 4.78 is 0. The fourth-order valence-corrected chi connectivity index (χ4v) is 1.93. The lowest BCUT2D eigenvalue weighted by molar-refractivity contribution is -0.0318. The van der Waals surface area contributed by atoms with E-state index in [-0.39, 0.29) is 5.62 Å². The fraction of sp³-hybridized carbons (Fsp3) is 1.00. The third kappa shape index (κ3) is 2.10. The van der Waals surface area contributed by atoms with Gasteiger partial charge in [-0.15, -0.1) is 0 Å². The third-order valence-electron chi connectivity index (χ3n) is 2.26. The van der Waals surface area contributed by atoms with Gasteiger partial charge in [0.25, 0.3) is 0 Å². The highest BCUT2D eigenvalue weighted by atomic mass is 35.5. The van der Waals surface area contributed by atoms with Crippen LogP contribution in [0.3, 0.4) is 0 Å². The molecule has 4 heteroatoms. The van der Waals surface area contributed by atoms with Gasteiger partial charge in [0.1, 0.15) is 5.62 Å². The van der Waals surface area contributed by atoms with E-state index in [4.69, 9.17) is 11.6 Å². The molecule has 0 radical (unpaired) electrons. The minimum Gasteiger partial charge on any atom is -0.280 e. The Labute approximate surface area is 79.9 Å². The highest BCUT2D eigenvalue weighted by Gasteiger charge is 2.27. The van der Waals surface area contributed by atoms with E-state index in [1.165, 1.54) is 0 Å². The molecule has 0 saturated carbocycles. The van der Waals surface area contributed by atoms with Crippen LogP contribution in [0, 0.1) is 0 Å². The second-order valence-corrected chi connectivity index (χ2v) is 3.65. The van der Waals surface area contributed by atoms with Crippen molar-refractivity contribution in [1.82, 2.24) is 14.7 Å². The van der Waals surface area contributed by atoms with Crippen molar-refractivity contribution in [2.75, 3.05) is 33.5 Å². The van der Waals surface area contributed by atoms with Gasteiger partial charge in [0.15, 0.2) is 0 Å². The zero-order chi connectivity index (χ0) is 9.14. The number of hydrogen-bond acceptors (Lipinski definition) is 3. The predicted molar refractivity (Wildman–Crippen MR) is 51.9 cm³/mol. The Kier molecular flexibility index (Phi) is 3.77. The maximum absolute atomic E-state index is 6.24. The van der Waals surface area contributed by atoms with Crippen LogP contribution in [-0.4, -0.2) is 53.8 Å². The molecule has 0 unspecified atom stereocenters. The molecule has 1 saturated heterocycles. The minimum atomic E-state index is 0.0798. The van der Waals surface area contributed by atoms with Gasteiger partial charge in [-0.1, -0.05) is 25.4 Å². The molecule has 0 atom stereocenters. The highest BCUT2D eigenvalue weighted by molar-refractivity contribution is 6.20. The Balaban J connectivity index is 2.55. The van der Waals surface area contributed by atoms with Crippen molar-refractivity contribution in [3.05, 3.63) is 0 Å². The van der Waals surface area contributed by atoms with E-state index in [0.29, 0.717) is 0 Å². The van der Waals surface area contributed by atoms with Gasteiger partial charge >= 0.3 is 0 Å². The van der Waals surface area contributed by atoms with Crippen molar-refractivity contribution in [2.24, 2.45) is 0 Å². The third-order valence-corrected chi connectivity index (χ3v) is 2.81. The largest absolute Gasteiger partial charge is 0.280 e. The van der Waals surface area contributed by atoms with Crippen LogP contribution < -0.4 is 0 Å². The molecule has 1 heterocycles. The van der Waals surface area contributed by atoms with Crippen LogP contribution >= 0.6 is 11.6 Å². The number of rotatable bonds is 2. The van der Waals surface area contributed by atoms with Crippen LogP contribution in [0.4, 0.5) is 0 Å². The van der Waals surface area contributed by atoms with Gasteiger partial charge < -0.3 is 0 Å². The average Bonchev–Trinajstić information content (AvgIpc) is 2.08. The Bertz CT molecular complexity index is 128. The molecule has 0 amide bonds. The molecule has 3 nitrogen and oxygen atoms in total. The molecular weight excluding hydrogens is 174 g/mol. The first-order valence-corrected chi connectivity index (χ1v) is 4.93. The van der Waals surface area contributed by atoms with Gasteiger partial charge in [-0.3, -0.25) is 14.7 Å². The number of halogens is 1. The van der Waals surface area contributed by atoms with Gasteiger partial charge in [-0.25, -0.2) is 0 Å². The Morgan fingerprint density at radius 3 is 1.92 bits per heavy atom. The van der Waals surface area contributed by atoms with E-state index in [0.717, 1.165) is 26.4 Å². The summed E-state index contributed by atoms with van der Waals surface area (Å²) in [6.07, 6.45) is 0. The van der Waals surface area contributed by atoms with Crippen LogP contribution in [0.15, 0.2) is 0 Å². The molecule has 72 valence electrons. The van der Waals surface area contributed by atoms with Crippen LogP contribution in [0.5, 0.6) is 0 Å². The first kappa shape index (κ1) is 10.3. The lowest BCUT2D eigenvalue weighted by Crippen LogP contribution is -2.57. The van der Waals surface area contributed by atoms with Crippen molar-refractivity contribution in [2.45, 2.75) is 19.5 Å². The van der Waals surface area contributed by atoms with Crippen LogP contribution in [0.25, 0.3) is 0 Å². The summed E-state index contributed by atoms with van der Waals surface area (Å²) in [6, 6.07) is 0. The summed E-state index contributed by atoms with van der Waals surface area (Å²) in [6.45, 7) is 8.25. The molecule has 12 heavy (non-hydrogen) atoms. The van der Waals surface area contributed by atoms with Crippen LogP contribution in [0.2, 0.25) is 0 Å². The molecule has 0 bridgehead atoms. The number of hydrogen-bond donors (Lipinski definition) is 0. The molecule has 1 aliphatic heterocycles. The Morgan fingerprint density at radius 1 is 1.17 bits per heavy atom. The predicted octanol–water partition coefficient (Wildman–Crippen LogP) is 1.01. The van der Waals surface area contributed by atoms with Gasteiger partial charge in [0.05, 0.1) is 13.3 Å². The van der Waals surface area contributed by atoms with Crippen molar-refractivity contribution in [3.8, 4) is 0 Å². The SMILES string of the molecule is CCN1CN(C)CN(CC)C1Cl. The lowest BCUT2D eigenvalue weighted by atomic mass is 10.5. The molecule has 1 aliphatic rings. The molecular formula is C8H18ClN3. The first-order chi connectivity index (χ1) is 5.69. The van der Waals surface area contributed by atoms with E-state index in [1.54, 1.807) is 0 Å². The van der Waals surface area contributed by atoms with E-state index in [1.807, 2.05) is 0 Å². The summed E-state index contributed by atoms with van der Waals surface area (Å²) in [5, 5.41) is 0. The van der Waals surface area contributed by atoms with Gasteiger partial charge in [-0.05, 0) is 20.1 Å². The summed E-state index contributed by atoms with van der Waals surface area (Å²) >= 11 is 6.24. The van der Waals surface area contributed by atoms with Crippen molar-refractivity contribution in [1.29, 1.82) is 0 Å². The van der Waals surface area contributed by atoms with Crippen LogP contribution in [0.1, 0.15) is 13.8 Å². The van der Waals surface area contributed by atoms with E-state index < -0.39 is 0 Å². The maximum Gasteiger partial charge on any atom is 0.142 e. The van der Waals surface area contributed by atoms with E-state index >= 15 is 0 Å². The Morgan fingerprint density at radius 2 is 1.58 bits per heavy atom. The molecule has 0 aliphatic carbocycles. The van der Waals surface area contributed by atoms with E-state index in [2.05, 4.69) is 35.6 Å². The fourth-order valence-electron chi connectivity index (χ4n) is 1.53. The van der Waals surface area contributed by atoms with E-state index in [9.17, 15) is 0 Å². The second kappa shape index (κ2) is 4.42. The second-order valence-electron chi connectivity index (χ2n) is 3.26. The standard InChI is InChI=1S/C8H18ClN3/c1-4-11-6-10(3)7-12(5-2)8(11)9/h8H,4-7H2,1-3H3. The summed E-state index contributed by atoms with van der Waals surface area (Å²) in [4.78, 5) is 6.76. The average molecular weight is 192 g/mol. The summed E-state index contributed by atoms with van der Waals surface area (Å²) in [5.41, 5.74) is 0.0798. The molecule has 0 spiro atoms. The van der Waals surface area contributed by atoms with Crippen molar-refractivity contribution in [3.63, 3.8) is 0 Å². The minimum absolute atomic E-state index is 0.0798. The molecule has 0 aromatic heterocycles. The number of nitrogens with zero attached hydrogens (tertiary/aromatic N) is 3. The maximum atomic E-state index is 6.24. The van der Waals surface area contributed by atoms with Gasteiger partial charge in [0.2, 0.25) is 0 Å². The zero-order valence-corrected chi connectivity index (χ0v) is 8.88. The van der Waals surface area contributed by atoms with Gasteiger partial charge in [-0.2, -0.15) is 0 Å². The Hall–Kier alpha value is 0.170. The monoisotopic (exact) mass is 191 g/mol. The molecule has 0 aromatic carbocycles. The topological polar surface area (TPSA) is 9.72 Å². The zero-order valence-electron chi connectivity index (χ0n) is 8.13. The molecule has 1 fully saturated rings. The van der Waals surface area contributed by atoms with Crippen molar-refractivity contribution >= 4 is 11.6 Å². The molecule has 0 N–H and O–H groups in total.